The lowest BCUT2D eigenvalue weighted by molar-refractivity contribution is 0.512. The fourth-order valence-electron chi connectivity index (χ4n) is 1.59. The molecule has 0 saturated heterocycles. The Morgan fingerprint density at radius 3 is 2.69 bits per heavy atom. The van der Waals surface area contributed by atoms with Crippen molar-refractivity contribution in [3.05, 3.63) is 48.3 Å². The van der Waals surface area contributed by atoms with E-state index in [0.29, 0.717) is 6.04 Å². The average Bonchev–Trinajstić information content (AvgIpc) is 2.74. The zero-order valence-electron chi connectivity index (χ0n) is 9.72. The minimum Gasteiger partial charge on any atom is -0.383 e. The van der Waals surface area contributed by atoms with Crippen molar-refractivity contribution >= 4 is 5.69 Å². The van der Waals surface area contributed by atoms with Gasteiger partial charge >= 0.3 is 0 Å². The molecule has 1 N–H and O–H groups in total. The summed E-state index contributed by atoms with van der Waals surface area (Å²) in [7, 11) is 0. The smallest absolute Gasteiger partial charge is 0.0663 e. The van der Waals surface area contributed by atoms with Crippen molar-refractivity contribution in [2.24, 2.45) is 0 Å². The van der Waals surface area contributed by atoms with Gasteiger partial charge in [0.1, 0.15) is 0 Å². The molecule has 1 atom stereocenters. The van der Waals surface area contributed by atoms with Crippen molar-refractivity contribution in [1.29, 1.82) is 0 Å². The molecule has 0 aliphatic rings. The maximum Gasteiger partial charge on any atom is 0.0663 e. The summed E-state index contributed by atoms with van der Waals surface area (Å²) in [4.78, 5) is 0. The molecular weight excluding hydrogens is 198 g/mol. The Bertz CT molecular complexity index is 433. The first-order valence-corrected chi connectivity index (χ1v) is 5.55. The number of anilines is 1. The Hall–Kier alpha value is -1.77. The zero-order valence-corrected chi connectivity index (χ0v) is 9.72. The van der Waals surface area contributed by atoms with Crippen LogP contribution in [0.1, 0.15) is 18.5 Å². The first-order valence-electron chi connectivity index (χ1n) is 5.55. The second-order valence-corrected chi connectivity index (χ2v) is 4.09. The van der Waals surface area contributed by atoms with E-state index in [2.05, 4.69) is 42.6 Å². The highest BCUT2D eigenvalue weighted by Crippen LogP contribution is 2.09. The third kappa shape index (κ3) is 2.63. The van der Waals surface area contributed by atoms with E-state index in [1.54, 1.807) is 0 Å². The third-order valence-electron chi connectivity index (χ3n) is 2.56. The quantitative estimate of drug-likeness (QED) is 0.850. The molecule has 0 spiro atoms. The van der Waals surface area contributed by atoms with Gasteiger partial charge in [-0.05, 0) is 31.5 Å². The number of aromatic nitrogens is 2. The Morgan fingerprint density at radius 1 is 1.31 bits per heavy atom. The minimum absolute atomic E-state index is 0.355. The van der Waals surface area contributed by atoms with Crippen LogP contribution in [0.4, 0.5) is 5.69 Å². The summed E-state index contributed by atoms with van der Waals surface area (Å²) < 4.78 is 1.99. The highest BCUT2D eigenvalue weighted by Gasteiger charge is 2.04. The Kier molecular flexibility index (Phi) is 3.25. The van der Waals surface area contributed by atoms with Crippen LogP contribution in [0.3, 0.4) is 0 Å². The number of nitrogens with zero attached hydrogens (tertiary/aromatic N) is 2. The molecule has 0 saturated carbocycles. The van der Waals surface area contributed by atoms with Crippen LogP contribution in [-0.4, -0.2) is 16.3 Å². The number of rotatable bonds is 4. The summed E-state index contributed by atoms with van der Waals surface area (Å²) in [6.45, 7) is 5.09. The van der Waals surface area contributed by atoms with Crippen LogP contribution in [0.5, 0.6) is 0 Å². The molecule has 0 bridgehead atoms. The molecule has 3 nitrogen and oxygen atoms in total. The first-order chi connectivity index (χ1) is 7.75. The van der Waals surface area contributed by atoms with E-state index in [9.17, 15) is 0 Å². The molecule has 84 valence electrons. The molecule has 3 heteroatoms. The maximum absolute atomic E-state index is 4.30. The fraction of sp³-hybridized carbons (Fsp3) is 0.308. The predicted octanol–water partition coefficient (Wildman–Crippen LogP) is 2.86. The molecule has 0 aliphatic heterocycles. The summed E-state index contributed by atoms with van der Waals surface area (Å²) in [5, 5.41) is 7.70. The van der Waals surface area contributed by atoms with E-state index >= 15 is 0 Å². The van der Waals surface area contributed by atoms with Crippen LogP contribution < -0.4 is 5.32 Å². The molecular formula is C13H17N3. The van der Waals surface area contributed by atoms with Crippen LogP contribution >= 0.6 is 0 Å². The van der Waals surface area contributed by atoms with Crippen molar-refractivity contribution in [3.8, 4) is 0 Å². The Balaban J connectivity index is 1.91. The number of benzene rings is 1. The van der Waals surface area contributed by atoms with Crippen molar-refractivity contribution in [3.63, 3.8) is 0 Å². The normalized spacial score (nSPS) is 12.4. The van der Waals surface area contributed by atoms with E-state index in [1.807, 2.05) is 29.1 Å². The van der Waals surface area contributed by atoms with Crippen LogP contribution in [0, 0.1) is 6.92 Å². The molecule has 2 rings (SSSR count). The van der Waals surface area contributed by atoms with Crippen molar-refractivity contribution < 1.29 is 0 Å². The standard InChI is InChI=1S/C13H17N3/c1-11-8-15-16(10-11)12(2)9-14-13-6-4-3-5-7-13/h3-8,10,12,14H,9H2,1-2H3. The van der Waals surface area contributed by atoms with E-state index in [4.69, 9.17) is 0 Å². The first kappa shape index (κ1) is 10.7. The van der Waals surface area contributed by atoms with Crippen LogP contribution in [0.15, 0.2) is 42.7 Å². The Morgan fingerprint density at radius 2 is 2.06 bits per heavy atom. The van der Waals surface area contributed by atoms with Crippen LogP contribution in [0.2, 0.25) is 0 Å². The fourth-order valence-corrected chi connectivity index (χ4v) is 1.59. The monoisotopic (exact) mass is 215 g/mol. The topological polar surface area (TPSA) is 29.9 Å². The maximum atomic E-state index is 4.30. The summed E-state index contributed by atoms with van der Waals surface area (Å²) in [5.74, 6) is 0. The second kappa shape index (κ2) is 4.84. The molecule has 0 aliphatic carbocycles. The number of hydrogen-bond donors (Lipinski definition) is 1. The van der Waals surface area contributed by atoms with Gasteiger partial charge in [-0.25, -0.2) is 0 Å². The SMILES string of the molecule is Cc1cnn(C(C)CNc2ccccc2)c1. The van der Waals surface area contributed by atoms with Crippen molar-refractivity contribution in [2.45, 2.75) is 19.9 Å². The van der Waals surface area contributed by atoms with Crippen molar-refractivity contribution in [2.75, 3.05) is 11.9 Å². The Labute approximate surface area is 96.1 Å². The summed E-state index contributed by atoms with van der Waals surface area (Å²) >= 11 is 0. The lowest BCUT2D eigenvalue weighted by atomic mass is 10.3. The van der Waals surface area contributed by atoms with E-state index in [0.717, 1.165) is 12.2 Å². The van der Waals surface area contributed by atoms with E-state index in [1.165, 1.54) is 5.56 Å². The van der Waals surface area contributed by atoms with E-state index in [-0.39, 0.29) is 0 Å². The molecule has 16 heavy (non-hydrogen) atoms. The van der Waals surface area contributed by atoms with Crippen molar-refractivity contribution in [1.82, 2.24) is 9.78 Å². The van der Waals surface area contributed by atoms with Gasteiger partial charge in [-0.3, -0.25) is 4.68 Å². The molecule has 1 heterocycles. The highest BCUT2D eigenvalue weighted by molar-refractivity contribution is 5.42. The van der Waals surface area contributed by atoms with Crippen LogP contribution in [-0.2, 0) is 0 Å². The molecule has 1 unspecified atom stereocenters. The number of aryl methyl sites for hydroxylation is 1. The molecule has 1 aromatic carbocycles. The highest BCUT2D eigenvalue weighted by atomic mass is 15.3. The summed E-state index contributed by atoms with van der Waals surface area (Å²) in [6, 6.07) is 10.6. The van der Waals surface area contributed by atoms with Gasteiger partial charge in [0, 0.05) is 18.4 Å². The van der Waals surface area contributed by atoms with Gasteiger partial charge in [-0.15, -0.1) is 0 Å². The number of para-hydroxylation sites is 1. The average molecular weight is 215 g/mol. The summed E-state index contributed by atoms with van der Waals surface area (Å²) in [6.07, 6.45) is 3.95. The molecule has 2 aromatic rings. The van der Waals surface area contributed by atoms with Gasteiger partial charge in [0.05, 0.1) is 12.2 Å². The van der Waals surface area contributed by atoms with Gasteiger partial charge in [0.25, 0.3) is 0 Å². The van der Waals surface area contributed by atoms with E-state index < -0.39 is 0 Å². The van der Waals surface area contributed by atoms with Gasteiger partial charge < -0.3 is 5.32 Å². The third-order valence-corrected chi connectivity index (χ3v) is 2.56. The largest absolute Gasteiger partial charge is 0.383 e. The number of nitrogens with one attached hydrogen (secondary N) is 1. The predicted molar refractivity (Wildman–Crippen MR) is 66.6 cm³/mol. The lowest BCUT2D eigenvalue weighted by Gasteiger charge is -2.14. The zero-order chi connectivity index (χ0) is 11.4. The van der Waals surface area contributed by atoms with Crippen LogP contribution in [0.25, 0.3) is 0 Å². The molecule has 1 aromatic heterocycles. The number of hydrogen-bond acceptors (Lipinski definition) is 2. The van der Waals surface area contributed by atoms with Gasteiger partial charge in [0.2, 0.25) is 0 Å². The van der Waals surface area contributed by atoms with Gasteiger partial charge in [0.15, 0.2) is 0 Å². The summed E-state index contributed by atoms with van der Waals surface area (Å²) in [5.41, 5.74) is 2.35. The molecule has 0 fully saturated rings. The second-order valence-electron chi connectivity index (χ2n) is 4.09. The van der Waals surface area contributed by atoms with Gasteiger partial charge in [-0.2, -0.15) is 5.10 Å². The minimum atomic E-state index is 0.355. The molecule has 0 radical (unpaired) electrons. The molecule has 0 amide bonds. The van der Waals surface area contributed by atoms with Gasteiger partial charge in [-0.1, -0.05) is 18.2 Å². The lowest BCUT2D eigenvalue weighted by Crippen LogP contribution is -2.16.